The summed E-state index contributed by atoms with van der Waals surface area (Å²) in [5.41, 5.74) is 2.96. The summed E-state index contributed by atoms with van der Waals surface area (Å²) in [5.74, 6) is 0.555. The minimum absolute atomic E-state index is 0.00400. The van der Waals surface area contributed by atoms with E-state index in [9.17, 15) is 19.8 Å². The van der Waals surface area contributed by atoms with Crippen LogP contribution in [0.1, 0.15) is 45.8 Å². The Morgan fingerprint density at radius 1 is 0.950 bits per heavy atom. The highest BCUT2D eigenvalue weighted by atomic mass is 16.5. The third-order valence-electron chi connectivity index (χ3n) is 6.93. The molecule has 1 aliphatic heterocycles. The monoisotopic (exact) mass is 549 g/mol. The van der Waals surface area contributed by atoms with Crippen molar-refractivity contribution in [1.82, 2.24) is 4.90 Å². The summed E-state index contributed by atoms with van der Waals surface area (Å²) < 4.78 is 23.2. The second-order valence-electron chi connectivity index (χ2n) is 9.61. The third kappa shape index (κ3) is 7.97. The zero-order chi connectivity index (χ0) is 28.3. The number of hydrogen-bond donors (Lipinski definition) is 2. The van der Waals surface area contributed by atoms with Gasteiger partial charge in [0.25, 0.3) is 0 Å². The molecule has 3 aromatic carbocycles. The zero-order valence-corrected chi connectivity index (χ0v) is 22.5. The van der Waals surface area contributed by atoms with Crippen LogP contribution in [0.5, 0.6) is 11.5 Å². The number of aromatic carboxylic acids is 1. The summed E-state index contributed by atoms with van der Waals surface area (Å²) in [7, 11) is 1.65. The summed E-state index contributed by atoms with van der Waals surface area (Å²) in [6.45, 7) is 2.41. The fourth-order valence-electron chi connectivity index (χ4n) is 4.80. The van der Waals surface area contributed by atoms with Crippen LogP contribution >= 0.6 is 0 Å². The number of carboxylic acid groups (broad SMARTS) is 2. The highest BCUT2D eigenvalue weighted by molar-refractivity contribution is 5.87. The number of likely N-dealkylation sites (tertiary alicyclic amines) is 1. The van der Waals surface area contributed by atoms with Crippen molar-refractivity contribution >= 4 is 12.1 Å². The van der Waals surface area contributed by atoms with Gasteiger partial charge in [0.15, 0.2) is 0 Å². The summed E-state index contributed by atoms with van der Waals surface area (Å²) in [6.07, 6.45) is 0.0143. The molecule has 1 saturated heterocycles. The minimum atomic E-state index is -1.00. The van der Waals surface area contributed by atoms with Crippen LogP contribution in [0.4, 0.5) is 4.79 Å². The Bertz CT molecular complexity index is 1260. The molecule has 9 heteroatoms. The fraction of sp³-hybridized carbons (Fsp3) is 0.355. The quantitative estimate of drug-likeness (QED) is 0.271. The van der Waals surface area contributed by atoms with Crippen LogP contribution in [0.2, 0.25) is 0 Å². The Kier molecular flexibility index (Phi) is 10.4. The number of amides is 1. The van der Waals surface area contributed by atoms with Crippen LogP contribution in [0.15, 0.2) is 72.8 Å². The van der Waals surface area contributed by atoms with Gasteiger partial charge in [0.1, 0.15) is 11.5 Å². The zero-order valence-electron chi connectivity index (χ0n) is 22.5. The first kappa shape index (κ1) is 28.9. The number of carboxylic acids is 1. The normalized spacial score (nSPS) is 16.9. The predicted octanol–water partition coefficient (Wildman–Crippen LogP) is 5.43. The van der Waals surface area contributed by atoms with Crippen LogP contribution in [-0.4, -0.2) is 66.7 Å². The summed E-state index contributed by atoms with van der Waals surface area (Å²) in [6, 6.07) is 22.2. The molecule has 0 aliphatic carbocycles. The maximum Gasteiger partial charge on any atom is 0.407 e. The van der Waals surface area contributed by atoms with Gasteiger partial charge in [0.05, 0.1) is 51.7 Å². The standard InChI is InChI=1S/C31H35NO8/c1-37-28-9-3-2-7-25(28)21-38-16-5-17-39-26-12-10-23(11-13-26)27-14-15-32(31(35)36)19-29(27)40-20-22-6-4-8-24(18-22)30(33)34/h2-4,6-13,18,27,29H,5,14-17,19-21H2,1H3,(H,33,34)(H,35,36). The average molecular weight is 550 g/mol. The van der Waals surface area contributed by atoms with Gasteiger partial charge in [0.2, 0.25) is 0 Å². The van der Waals surface area contributed by atoms with Gasteiger partial charge in [-0.15, -0.1) is 0 Å². The van der Waals surface area contributed by atoms with E-state index < -0.39 is 12.1 Å². The molecule has 0 saturated carbocycles. The van der Waals surface area contributed by atoms with Crippen molar-refractivity contribution < 1.29 is 38.7 Å². The van der Waals surface area contributed by atoms with Crippen LogP contribution in [0.25, 0.3) is 0 Å². The minimum Gasteiger partial charge on any atom is -0.496 e. The Balaban J connectivity index is 1.28. The average Bonchev–Trinajstić information content (AvgIpc) is 2.98. The van der Waals surface area contributed by atoms with Gasteiger partial charge in [0, 0.05) is 24.4 Å². The SMILES string of the molecule is COc1ccccc1COCCCOc1ccc(C2CCN(C(=O)O)CC2OCc2cccc(C(=O)O)c2)cc1. The summed E-state index contributed by atoms with van der Waals surface area (Å²) in [4.78, 5) is 24.3. The topological polar surface area (TPSA) is 115 Å². The molecule has 2 N–H and O–H groups in total. The lowest BCUT2D eigenvalue weighted by Gasteiger charge is -2.37. The lowest BCUT2D eigenvalue weighted by Crippen LogP contribution is -2.46. The van der Waals surface area contributed by atoms with E-state index in [0.29, 0.717) is 32.8 Å². The molecule has 0 bridgehead atoms. The van der Waals surface area contributed by atoms with Crippen LogP contribution in [0, 0.1) is 0 Å². The van der Waals surface area contributed by atoms with Gasteiger partial charge in [-0.3, -0.25) is 0 Å². The predicted molar refractivity (Wildman–Crippen MR) is 148 cm³/mol. The van der Waals surface area contributed by atoms with E-state index in [2.05, 4.69) is 0 Å². The summed E-state index contributed by atoms with van der Waals surface area (Å²) in [5, 5.41) is 18.8. The molecule has 2 unspecified atom stereocenters. The fourth-order valence-corrected chi connectivity index (χ4v) is 4.80. The van der Waals surface area contributed by atoms with Crippen molar-refractivity contribution in [2.24, 2.45) is 0 Å². The van der Waals surface area contributed by atoms with Gasteiger partial charge in [-0.05, 0) is 47.9 Å². The van der Waals surface area contributed by atoms with E-state index in [1.54, 1.807) is 25.3 Å². The Morgan fingerprint density at radius 3 is 2.50 bits per heavy atom. The summed E-state index contributed by atoms with van der Waals surface area (Å²) >= 11 is 0. The molecule has 4 rings (SSSR count). The lowest BCUT2D eigenvalue weighted by atomic mass is 9.87. The van der Waals surface area contributed by atoms with Crippen LogP contribution < -0.4 is 9.47 Å². The van der Waals surface area contributed by atoms with Gasteiger partial charge >= 0.3 is 12.1 Å². The van der Waals surface area contributed by atoms with Gasteiger partial charge in [-0.25, -0.2) is 9.59 Å². The number of nitrogens with zero attached hydrogens (tertiary/aromatic N) is 1. The molecule has 1 heterocycles. The lowest BCUT2D eigenvalue weighted by molar-refractivity contribution is -0.0199. The number of methoxy groups -OCH3 is 1. The van der Waals surface area contributed by atoms with E-state index in [0.717, 1.165) is 34.6 Å². The first-order valence-electron chi connectivity index (χ1n) is 13.3. The number of ether oxygens (including phenoxy) is 4. The molecule has 40 heavy (non-hydrogen) atoms. The van der Waals surface area contributed by atoms with Gasteiger partial charge in [-0.1, -0.05) is 42.5 Å². The van der Waals surface area contributed by atoms with Crippen molar-refractivity contribution in [2.75, 3.05) is 33.4 Å². The van der Waals surface area contributed by atoms with Crippen molar-refractivity contribution in [3.8, 4) is 11.5 Å². The highest BCUT2D eigenvalue weighted by Gasteiger charge is 2.33. The van der Waals surface area contributed by atoms with Crippen LogP contribution in [0.3, 0.4) is 0 Å². The molecule has 0 radical (unpaired) electrons. The molecule has 1 aliphatic rings. The maximum atomic E-state index is 11.6. The first-order chi connectivity index (χ1) is 19.4. The van der Waals surface area contributed by atoms with Crippen molar-refractivity contribution in [1.29, 1.82) is 0 Å². The molecule has 9 nitrogen and oxygen atoms in total. The smallest absolute Gasteiger partial charge is 0.407 e. The first-order valence-corrected chi connectivity index (χ1v) is 13.3. The number of carbonyl (C=O) groups is 2. The number of para-hydroxylation sites is 1. The maximum absolute atomic E-state index is 11.6. The molecule has 3 aromatic rings. The molecule has 2 atom stereocenters. The van der Waals surface area contributed by atoms with Crippen molar-refractivity contribution in [2.45, 2.75) is 38.1 Å². The molecule has 0 spiro atoms. The van der Waals surface area contributed by atoms with Gasteiger partial charge < -0.3 is 34.1 Å². The van der Waals surface area contributed by atoms with Crippen molar-refractivity contribution in [3.05, 3.63) is 95.1 Å². The molecule has 212 valence electrons. The van der Waals surface area contributed by atoms with E-state index in [4.69, 9.17) is 18.9 Å². The molecular weight excluding hydrogens is 514 g/mol. The molecule has 0 aromatic heterocycles. The number of hydrogen-bond acceptors (Lipinski definition) is 6. The van der Waals surface area contributed by atoms with E-state index >= 15 is 0 Å². The molecule has 1 fully saturated rings. The van der Waals surface area contributed by atoms with Gasteiger partial charge in [-0.2, -0.15) is 0 Å². The van der Waals surface area contributed by atoms with E-state index in [1.807, 2.05) is 48.5 Å². The number of piperidine rings is 1. The molecule has 1 amide bonds. The second-order valence-corrected chi connectivity index (χ2v) is 9.61. The largest absolute Gasteiger partial charge is 0.496 e. The Morgan fingerprint density at radius 2 is 1.75 bits per heavy atom. The molecular formula is C31H35NO8. The highest BCUT2D eigenvalue weighted by Crippen LogP contribution is 2.32. The van der Waals surface area contributed by atoms with Crippen molar-refractivity contribution in [3.63, 3.8) is 0 Å². The van der Waals surface area contributed by atoms with E-state index in [1.165, 1.54) is 11.0 Å². The second kappa shape index (κ2) is 14.3. The Labute approximate surface area is 233 Å². The number of rotatable bonds is 13. The number of benzene rings is 3. The van der Waals surface area contributed by atoms with Crippen LogP contribution in [-0.2, 0) is 22.7 Å². The van der Waals surface area contributed by atoms with E-state index in [-0.39, 0.29) is 30.7 Å². The Hall–Kier alpha value is -4.08. The third-order valence-corrected chi connectivity index (χ3v) is 6.93.